The summed E-state index contributed by atoms with van der Waals surface area (Å²) in [6, 6.07) is 1.73. The molecule has 4 heteroatoms. The van der Waals surface area contributed by atoms with E-state index in [-0.39, 0.29) is 0 Å². The first-order valence-electron chi connectivity index (χ1n) is 1.97. The van der Waals surface area contributed by atoms with Gasteiger partial charge in [0.25, 0.3) is 0 Å². The van der Waals surface area contributed by atoms with Crippen LogP contribution in [0.5, 0.6) is 0 Å². The van der Waals surface area contributed by atoms with Crippen molar-refractivity contribution >= 4 is 21.8 Å². The number of primary amides is 1. The minimum atomic E-state index is -0.685. The summed E-state index contributed by atoms with van der Waals surface area (Å²) in [6.45, 7) is 0. The quantitative estimate of drug-likeness (QED) is 0.603. The predicted octanol–water partition coefficient (Wildman–Crippen LogP) is 0.00638. The number of amides is 1. The molecule has 0 fully saturated rings. The van der Waals surface area contributed by atoms with Crippen LogP contribution in [0.15, 0.2) is 0 Å². The number of nitrogens with zero attached hydrogens (tertiary/aromatic N) is 1. The Kier molecular flexibility index (Phi) is 3.20. The van der Waals surface area contributed by atoms with Crippen LogP contribution >= 0.6 is 15.9 Å². The number of hydrogen-bond acceptors (Lipinski definition) is 2. The maximum absolute atomic E-state index is 10.1. The van der Waals surface area contributed by atoms with Crippen molar-refractivity contribution in [1.29, 1.82) is 5.26 Å². The molecule has 2 N–H and O–H groups in total. The van der Waals surface area contributed by atoms with Crippen molar-refractivity contribution in [2.24, 2.45) is 11.7 Å². The Hall–Kier alpha value is -0.560. The first kappa shape index (κ1) is 7.44. The molecule has 0 aliphatic rings. The Balaban J connectivity index is 3.76. The van der Waals surface area contributed by atoms with Crippen LogP contribution < -0.4 is 5.73 Å². The van der Waals surface area contributed by atoms with Crippen LogP contribution in [-0.4, -0.2) is 11.2 Å². The van der Waals surface area contributed by atoms with E-state index in [0.717, 1.165) is 0 Å². The zero-order valence-corrected chi connectivity index (χ0v) is 5.68. The van der Waals surface area contributed by atoms with E-state index in [1.54, 1.807) is 6.07 Å². The van der Waals surface area contributed by atoms with Gasteiger partial charge in [0.2, 0.25) is 5.91 Å². The minimum Gasteiger partial charge on any atom is -0.369 e. The maximum atomic E-state index is 10.1. The lowest BCUT2D eigenvalue weighted by molar-refractivity contribution is -0.119. The second-order valence-electron chi connectivity index (χ2n) is 1.24. The number of alkyl halides is 1. The van der Waals surface area contributed by atoms with E-state index >= 15 is 0 Å². The monoisotopic (exact) mass is 176 g/mol. The molecule has 8 heavy (non-hydrogen) atoms. The summed E-state index contributed by atoms with van der Waals surface area (Å²) < 4.78 is 0. The molecule has 0 rings (SSSR count). The molecule has 0 radical (unpaired) electrons. The van der Waals surface area contributed by atoms with Crippen molar-refractivity contribution in [3.63, 3.8) is 0 Å². The van der Waals surface area contributed by atoms with Crippen LogP contribution in [0.3, 0.4) is 0 Å². The predicted molar refractivity (Wildman–Crippen MR) is 32.1 cm³/mol. The van der Waals surface area contributed by atoms with Gasteiger partial charge in [0.05, 0.1) is 6.07 Å². The first-order chi connectivity index (χ1) is 3.72. The van der Waals surface area contributed by atoms with E-state index in [0.29, 0.717) is 5.33 Å². The number of nitrogens with two attached hydrogens (primary N) is 1. The fourth-order valence-electron chi connectivity index (χ4n) is 0.174. The van der Waals surface area contributed by atoms with Gasteiger partial charge in [-0.05, 0) is 0 Å². The second-order valence-corrected chi connectivity index (χ2v) is 1.89. The molecule has 0 aromatic rings. The van der Waals surface area contributed by atoms with Gasteiger partial charge in [-0.3, -0.25) is 4.79 Å². The molecule has 1 amide bonds. The summed E-state index contributed by atoms with van der Waals surface area (Å²) >= 11 is 2.95. The van der Waals surface area contributed by atoms with Crippen LogP contribution in [0.1, 0.15) is 0 Å². The van der Waals surface area contributed by atoms with Gasteiger partial charge in [0.15, 0.2) is 0 Å². The van der Waals surface area contributed by atoms with Crippen molar-refractivity contribution in [2.75, 3.05) is 5.33 Å². The molecule has 0 bridgehead atoms. The molecule has 44 valence electrons. The summed E-state index contributed by atoms with van der Waals surface area (Å²) in [4.78, 5) is 10.1. The molecule has 0 aromatic heterocycles. The number of halogens is 1. The largest absolute Gasteiger partial charge is 0.369 e. The highest BCUT2D eigenvalue weighted by Gasteiger charge is 2.10. The van der Waals surface area contributed by atoms with E-state index in [9.17, 15) is 4.79 Å². The second kappa shape index (κ2) is 3.44. The number of hydrogen-bond donors (Lipinski definition) is 1. The SMILES string of the molecule is N#CC(CBr)C(N)=O. The molecule has 1 unspecified atom stereocenters. The molecule has 0 aliphatic carbocycles. The van der Waals surface area contributed by atoms with Gasteiger partial charge in [0.1, 0.15) is 5.92 Å². The van der Waals surface area contributed by atoms with Crippen molar-refractivity contribution < 1.29 is 4.79 Å². The lowest BCUT2D eigenvalue weighted by Gasteiger charge is -1.93. The molecular weight excluding hydrogens is 172 g/mol. The Morgan fingerprint density at radius 2 is 2.50 bits per heavy atom. The Morgan fingerprint density at radius 1 is 2.00 bits per heavy atom. The van der Waals surface area contributed by atoms with E-state index in [4.69, 9.17) is 11.0 Å². The third kappa shape index (κ3) is 1.94. The molecule has 0 aliphatic heterocycles. The Morgan fingerprint density at radius 3 is 2.50 bits per heavy atom. The standard InChI is InChI=1S/C4H5BrN2O/c5-1-3(2-6)4(7)8/h3H,1H2,(H2,7,8). The summed E-state index contributed by atoms with van der Waals surface area (Å²) in [6.07, 6.45) is 0. The average Bonchev–Trinajstić information content (AvgIpc) is 1.69. The average molecular weight is 177 g/mol. The number of rotatable bonds is 2. The number of carbonyl (C=O) groups excluding carboxylic acids is 1. The van der Waals surface area contributed by atoms with Crippen molar-refractivity contribution in [3.05, 3.63) is 0 Å². The summed E-state index contributed by atoms with van der Waals surface area (Å²) in [7, 11) is 0. The molecule has 3 nitrogen and oxygen atoms in total. The van der Waals surface area contributed by atoms with Crippen molar-refractivity contribution in [3.8, 4) is 6.07 Å². The van der Waals surface area contributed by atoms with E-state index in [1.807, 2.05) is 0 Å². The lowest BCUT2D eigenvalue weighted by Crippen LogP contribution is -2.22. The molecule has 0 saturated carbocycles. The molecule has 0 spiro atoms. The van der Waals surface area contributed by atoms with Crippen molar-refractivity contribution in [2.45, 2.75) is 0 Å². The fourth-order valence-corrected chi connectivity index (χ4v) is 0.638. The molecule has 0 aromatic carbocycles. The third-order valence-corrected chi connectivity index (χ3v) is 1.30. The summed E-state index contributed by atoms with van der Waals surface area (Å²) in [5.74, 6) is -1.26. The van der Waals surface area contributed by atoms with E-state index < -0.39 is 11.8 Å². The maximum Gasteiger partial charge on any atom is 0.235 e. The highest BCUT2D eigenvalue weighted by atomic mass is 79.9. The topological polar surface area (TPSA) is 66.9 Å². The molecule has 0 heterocycles. The first-order valence-corrected chi connectivity index (χ1v) is 3.09. The Bertz CT molecular complexity index is 128. The van der Waals surface area contributed by atoms with Crippen LogP contribution in [0.25, 0.3) is 0 Å². The normalized spacial score (nSPS) is 12.0. The number of carbonyl (C=O) groups is 1. The number of nitriles is 1. The summed E-state index contributed by atoms with van der Waals surface area (Å²) in [5, 5.41) is 8.43. The van der Waals surface area contributed by atoms with Gasteiger partial charge in [-0.2, -0.15) is 5.26 Å². The van der Waals surface area contributed by atoms with Gasteiger partial charge in [0, 0.05) is 5.33 Å². The van der Waals surface area contributed by atoms with Crippen LogP contribution in [0, 0.1) is 17.2 Å². The minimum absolute atomic E-state index is 0.318. The van der Waals surface area contributed by atoms with Gasteiger partial charge in [-0.1, -0.05) is 15.9 Å². The molecular formula is C4H5BrN2O. The van der Waals surface area contributed by atoms with Gasteiger partial charge in [-0.15, -0.1) is 0 Å². The lowest BCUT2D eigenvalue weighted by atomic mass is 10.2. The zero-order valence-electron chi connectivity index (χ0n) is 4.10. The van der Waals surface area contributed by atoms with Gasteiger partial charge >= 0.3 is 0 Å². The highest BCUT2D eigenvalue weighted by molar-refractivity contribution is 9.09. The summed E-state index contributed by atoms with van der Waals surface area (Å²) in [5.41, 5.74) is 4.77. The molecule has 1 atom stereocenters. The smallest absolute Gasteiger partial charge is 0.235 e. The van der Waals surface area contributed by atoms with Crippen LogP contribution in [-0.2, 0) is 4.79 Å². The third-order valence-electron chi connectivity index (χ3n) is 0.654. The van der Waals surface area contributed by atoms with E-state index in [1.165, 1.54) is 0 Å². The van der Waals surface area contributed by atoms with Crippen molar-refractivity contribution in [1.82, 2.24) is 0 Å². The fraction of sp³-hybridized carbons (Fsp3) is 0.500. The van der Waals surface area contributed by atoms with Crippen LogP contribution in [0.2, 0.25) is 0 Å². The van der Waals surface area contributed by atoms with Gasteiger partial charge < -0.3 is 5.73 Å². The van der Waals surface area contributed by atoms with Gasteiger partial charge in [-0.25, -0.2) is 0 Å². The highest BCUT2D eigenvalue weighted by Crippen LogP contribution is 1.96. The van der Waals surface area contributed by atoms with Crippen LogP contribution in [0.4, 0.5) is 0 Å². The van der Waals surface area contributed by atoms with E-state index in [2.05, 4.69) is 15.9 Å². The zero-order chi connectivity index (χ0) is 6.57. The Labute approximate surface area is 55.6 Å². The molecule has 0 saturated heterocycles.